The third-order valence-electron chi connectivity index (χ3n) is 3.73. The van der Waals surface area contributed by atoms with E-state index in [-0.39, 0.29) is 11.6 Å². The highest BCUT2D eigenvalue weighted by atomic mass is 16.5. The minimum Gasteiger partial charge on any atom is -0.374 e. The monoisotopic (exact) mass is 257 g/mol. The molecule has 0 amide bonds. The van der Waals surface area contributed by atoms with Crippen LogP contribution in [-0.2, 0) is 4.74 Å². The largest absolute Gasteiger partial charge is 0.374 e. The summed E-state index contributed by atoms with van der Waals surface area (Å²) in [4.78, 5) is 0. The van der Waals surface area contributed by atoms with Crippen molar-refractivity contribution in [2.75, 3.05) is 6.61 Å². The van der Waals surface area contributed by atoms with Gasteiger partial charge >= 0.3 is 0 Å². The quantitative estimate of drug-likeness (QED) is 0.877. The lowest BCUT2D eigenvalue weighted by molar-refractivity contribution is -0.0265. The summed E-state index contributed by atoms with van der Waals surface area (Å²) in [6.07, 6.45) is 0.981. The standard InChI is InChI=1S/C17H23NO/c1-4-17(2,3)19-12-16(18)15-11-7-9-13-8-5-6-10-14(13)15/h5-11,16H,4,12,18H2,1-3H3. The van der Waals surface area contributed by atoms with Gasteiger partial charge in [-0.2, -0.15) is 0 Å². The molecule has 0 aliphatic carbocycles. The van der Waals surface area contributed by atoms with Crippen molar-refractivity contribution in [1.82, 2.24) is 0 Å². The maximum Gasteiger partial charge on any atom is 0.0666 e. The van der Waals surface area contributed by atoms with Crippen LogP contribution in [0.25, 0.3) is 10.8 Å². The van der Waals surface area contributed by atoms with Crippen LogP contribution in [0.5, 0.6) is 0 Å². The third-order valence-corrected chi connectivity index (χ3v) is 3.73. The molecule has 2 N–H and O–H groups in total. The summed E-state index contributed by atoms with van der Waals surface area (Å²) >= 11 is 0. The molecule has 0 spiro atoms. The summed E-state index contributed by atoms with van der Waals surface area (Å²) in [7, 11) is 0. The Hall–Kier alpha value is -1.38. The number of nitrogens with two attached hydrogens (primary N) is 1. The molecule has 0 aliphatic heterocycles. The lowest BCUT2D eigenvalue weighted by Crippen LogP contribution is -2.28. The first kappa shape index (κ1) is 14.0. The van der Waals surface area contributed by atoms with Gasteiger partial charge in [-0.3, -0.25) is 0 Å². The molecule has 1 atom stereocenters. The molecule has 0 fully saturated rings. The first-order chi connectivity index (χ1) is 9.03. The first-order valence-corrected chi connectivity index (χ1v) is 6.91. The highest BCUT2D eigenvalue weighted by Crippen LogP contribution is 2.24. The lowest BCUT2D eigenvalue weighted by Gasteiger charge is -2.26. The summed E-state index contributed by atoms with van der Waals surface area (Å²) in [5.74, 6) is 0. The second kappa shape index (κ2) is 5.72. The molecule has 0 heterocycles. The molecule has 0 aliphatic rings. The molecule has 0 saturated carbocycles. The highest BCUT2D eigenvalue weighted by molar-refractivity contribution is 5.86. The predicted molar refractivity (Wildman–Crippen MR) is 81.2 cm³/mol. The van der Waals surface area contributed by atoms with Gasteiger partial charge in [0, 0.05) is 0 Å². The van der Waals surface area contributed by atoms with Crippen molar-refractivity contribution in [1.29, 1.82) is 0 Å². The van der Waals surface area contributed by atoms with E-state index in [2.05, 4.69) is 57.2 Å². The Morgan fingerprint density at radius 1 is 1.11 bits per heavy atom. The Morgan fingerprint density at radius 3 is 2.53 bits per heavy atom. The fourth-order valence-corrected chi connectivity index (χ4v) is 2.08. The zero-order valence-electron chi connectivity index (χ0n) is 12.0. The van der Waals surface area contributed by atoms with Gasteiger partial charge in [0.15, 0.2) is 0 Å². The molecule has 2 aromatic carbocycles. The summed E-state index contributed by atoms with van der Waals surface area (Å²) in [5.41, 5.74) is 7.35. The van der Waals surface area contributed by atoms with Crippen LogP contribution in [0.4, 0.5) is 0 Å². The van der Waals surface area contributed by atoms with E-state index in [0.717, 1.165) is 12.0 Å². The second-order valence-corrected chi connectivity index (χ2v) is 5.60. The van der Waals surface area contributed by atoms with Crippen LogP contribution < -0.4 is 5.73 Å². The molecule has 0 aromatic heterocycles. The molecule has 0 bridgehead atoms. The normalized spacial score (nSPS) is 13.7. The van der Waals surface area contributed by atoms with E-state index in [1.165, 1.54) is 10.8 Å². The molecular weight excluding hydrogens is 234 g/mol. The molecular formula is C17H23NO. The van der Waals surface area contributed by atoms with Crippen LogP contribution in [-0.4, -0.2) is 12.2 Å². The van der Waals surface area contributed by atoms with Crippen molar-refractivity contribution < 1.29 is 4.74 Å². The first-order valence-electron chi connectivity index (χ1n) is 6.91. The Balaban J connectivity index is 2.20. The Labute approximate surface area is 115 Å². The Kier molecular flexibility index (Phi) is 4.23. The van der Waals surface area contributed by atoms with Gasteiger partial charge in [0.2, 0.25) is 0 Å². The number of hydrogen-bond donors (Lipinski definition) is 1. The zero-order chi connectivity index (χ0) is 13.9. The van der Waals surface area contributed by atoms with Crippen LogP contribution in [0.3, 0.4) is 0 Å². The smallest absolute Gasteiger partial charge is 0.0666 e. The maximum absolute atomic E-state index is 6.30. The molecule has 2 aromatic rings. The van der Waals surface area contributed by atoms with Crippen LogP contribution in [0.1, 0.15) is 38.8 Å². The topological polar surface area (TPSA) is 35.2 Å². The summed E-state index contributed by atoms with van der Waals surface area (Å²) in [6, 6.07) is 14.5. The van der Waals surface area contributed by atoms with Crippen LogP contribution in [0.2, 0.25) is 0 Å². The van der Waals surface area contributed by atoms with Crippen molar-refractivity contribution in [3.8, 4) is 0 Å². The zero-order valence-corrected chi connectivity index (χ0v) is 12.0. The van der Waals surface area contributed by atoms with E-state index in [0.29, 0.717) is 6.61 Å². The lowest BCUT2D eigenvalue weighted by atomic mass is 9.99. The molecule has 19 heavy (non-hydrogen) atoms. The minimum atomic E-state index is -0.109. The van der Waals surface area contributed by atoms with E-state index in [1.54, 1.807) is 0 Å². The van der Waals surface area contributed by atoms with E-state index >= 15 is 0 Å². The summed E-state index contributed by atoms with van der Waals surface area (Å²) < 4.78 is 5.92. The number of rotatable bonds is 5. The van der Waals surface area contributed by atoms with E-state index in [1.807, 2.05) is 6.07 Å². The van der Waals surface area contributed by atoms with Gasteiger partial charge in [0.1, 0.15) is 0 Å². The van der Waals surface area contributed by atoms with Gasteiger partial charge in [-0.25, -0.2) is 0 Å². The highest BCUT2D eigenvalue weighted by Gasteiger charge is 2.18. The van der Waals surface area contributed by atoms with Gasteiger partial charge in [0.05, 0.1) is 18.2 Å². The van der Waals surface area contributed by atoms with Crippen LogP contribution >= 0.6 is 0 Å². The summed E-state index contributed by atoms with van der Waals surface area (Å²) in [6.45, 7) is 6.88. The van der Waals surface area contributed by atoms with Crippen LogP contribution in [0.15, 0.2) is 42.5 Å². The van der Waals surface area contributed by atoms with E-state index in [4.69, 9.17) is 10.5 Å². The molecule has 2 nitrogen and oxygen atoms in total. The molecule has 0 radical (unpaired) electrons. The van der Waals surface area contributed by atoms with Gasteiger partial charge in [0.25, 0.3) is 0 Å². The maximum atomic E-state index is 6.30. The van der Waals surface area contributed by atoms with Crippen LogP contribution in [0, 0.1) is 0 Å². The van der Waals surface area contributed by atoms with Crippen molar-refractivity contribution in [3.05, 3.63) is 48.0 Å². The number of benzene rings is 2. The molecule has 1 unspecified atom stereocenters. The average molecular weight is 257 g/mol. The fraction of sp³-hybridized carbons (Fsp3) is 0.412. The summed E-state index contributed by atoms with van der Waals surface area (Å²) in [5, 5.41) is 2.45. The Morgan fingerprint density at radius 2 is 1.79 bits per heavy atom. The SMILES string of the molecule is CCC(C)(C)OCC(N)c1cccc2ccccc12. The fourth-order valence-electron chi connectivity index (χ4n) is 2.08. The van der Waals surface area contributed by atoms with Gasteiger partial charge in [-0.1, -0.05) is 49.4 Å². The second-order valence-electron chi connectivity index (χ2n) is 5.60. The van der Waals surface area contributed by atoms with Crippen molar-refractivity contribution in [2.45, 2.75) is 38.8 Å². The van der Waals surface area contributed by atoms with Crippen molar-refractivity contribution in [2.24, 2.45) is 5.73 Å². The molecule has 2 heteroatoms. The van der Waals surface area contributed by atoms with E-state index < -0.39 is 0 Å². The third kappa shape index (κ3) is 3.34. The average Bonchev–Trinajstić information content (AvgIpc) is 2.44. The van der Waals surface area contributed by atoms with E-state index in [9.17, 15) is 0 Å². The Bertz CT molecular complexity index is 542. The molecule has 102 valence electrons. The minimum absolute atomic E-state index is 0.0862. The van der Waals surface area contributed by atoms with Gasteiger partial charge in [-0.05, 0) is 36.6 Å². The molecule has 2 rings (SSSR count). The van der Waals surface area contributed by atoms with Crippen molar-refractivity contribution in [3.63, 3.8) is 0 Å². The number of ether oxygens (including phenoxy) is 1. The number of hydrogen-bond acceptors (Lipinski definition) is 2. The predicted octanol–water partition coefficient (Wildman–Crippen LogP) is 4.04. The van der Waals surface area contributed by atoms with Gasteiger partial charge in [-0.15, -0.1) is 0 Å². The van der Waals surface area contributed by atoms with Gasteiger partial charge < -0.3 is 10.5 Å². The van der Waals surface area contributed by atoms with Crippen molar-refractivity contribution >= 4 is 10.8 Å². The molecule has 0 saturated heterocycles. The number of fused-ring (bicyclic) bond motifs is 1.